The summed E-state index contributed by atoms with van der Waals surface area (Å²) in [5.41, 5.74) is 4.51. The van der Waals surface area contributed by atoms with Crippen molar-refractivity contribution in [3.05, 3.63) is 70.4 Å². The Morgan fingerprint density at radius 3 is 2.05 bits per heavy atom. The Morgan fingerprint density at radius 2 is 1.52 bits per heavy atom. The van der Waals surface area contributed by atoms with E-state index in [9.17, 15) is 5.11 Å². The maximum absolute atomic E-state index is 9.34. The van der Waals surface area contributed by atoms with Gasteiger partial charge in [-0.05, 0) is 12.8 Å². The van der Waals surface area contributed by atoms with Gasteiger partial charge in [0.25, 0.3) is 0 Å². The SMILES string of the molecule is OCC(=[C-]C1=CC=C(CO)C1)C=[C-]C1=CC=C(CO)C1.[Y]. The molecule has 0 atom stereocenters. The molecule has 0 bridgehead atoms. The summed E-state index contributed by atoms with van der Waals surface area (Å²) in [6.07, 6.45) is 16.9. The normalized spacial score (nSPS) is 18.3. The Balaban J connectivity index is 0.00000220. The van der Waals surface area contributed by atoms with Gasteiger partial charge in [-0.25, -0.2) is 17.7 Å². The van der Waals surface area contributed by atoms with Crippen LogP contribution >= 0.6 is 0 Å². The van der Waals surface area contributed by atoms with Gasteiger partial charge in [0.15, 0.2) is 0 Å². The van der Waals surface area contributed by atoms with E-state index in [1.807, 2.05) is 24.3 Å². The molecule has 0 amide bonds. The maximum Gasteiger partial charge on any atom is 0.0637 e. The molecule has 21 heavy (non-hydrogen) atoms. The van der Waals surface area contributed by atoms with Gasteiger partial charge in [-0.1, -0.05) is 11.1 Å². The molecule has 2 aliphatic carbocycles. The summed E-state index contributed by atoms with van der Waals surface area (Å²) in [4.78, 5) is 0. The second-order valence-electron chi connectivity index (χ2n) is 4.80. The van der Waals surface area contributed by atoms with Crippen LogP contribution in [0.25, 0.3) is 0 Å². The maximum atomic E-state index is 9.34. The number of hydrogen-bond donors (Lipinski definition) is 3. The molecular formula is C17H18O3Y-2. The van der Waals surface area contributed by atoms with E-state index in [2.05, 4.69) is 12.2 Å². The molecule has 2 aliphatic rings. The molecule has 1 radical (unpaired) electrons. The van der Waals surface area contributed by atoms with Gasteiger partial charge in [0.2, 0.25) is 0 Å². The Hall–Kier alpha value is -0.576. The topological polar surface area (TPSA) is 60.7 Å². The van der Waals surface area contributed by atoms with E-state index in [-0.39, 0.29) is 52.5 Å². The fraction of sp³-hybridized carbons (Fsp3) is 0.294. The van der Waals surface area contributed by atoms with E-state index in [4.69, 9.17) is 10.2 Å². The van der Waals surface area contributed by atoms with Crippen molar-refractivity contribution < 1.29 is 48.0 Å². The third kappa shape index (κ3) is 5.61. The summed E-state index contributed by atoms with van der Waals surface area (Å²) in [5, 5.41) is 27.4. The molecule has 4 heteroatoms. The Labute approximate surface area is 150 Å². The van der Waals surface area contributed by atoms with Crippen LogP contribution in [0.2, 0.25) is 0 Å². The molecule has 3 nitrogen and oxygen atoms in total. The summed E-state index contributed by atoms with van der Waals surface area (Å²) < 4.78 is 0. The van der Waals surface area contributed by atoms with Crippen LogP contribution in [0.15, 0.2) is 58.2 Å². The van der Waals surface area contributed by atoms with E-state index < -0.39 is 0 Å². The van der Waals surface area contributed by atoms with Crippen LogP contribution in [0.1, 0.15) is 12.8 Å². The van der Waals surface area contributed by atoms with Gasteiger partial charge in [0, 0.05) is 39.3 Å². The average molecular weight is 359 g/mol. The first kappa shape index (κ1) is 18.5. The van der Waals surface area contributed by atoms with E-state index in [0.29, 0.717) is 18.4 Å². The predicted octanol–water partition coefficient (Wildman–Crippen LogP) is 1.56. The molecular weight excluding hydrogens is 341 g/mol. The first-order valence-electron chi connectivity index (χ1n) is 6.57. The summed E-state index contributed by atoms with van der Waals surface area (Å²) in [5.74, 6) is 0. The first-order chi connectivity index (χ1) is 9.75. The smallest absolute Gasteiger partial charge is 0.0637 e. The van der Waals surface area contributed by atoms with Crippen molar-refractivity contribution in [2.24, 2.45) is 0 Å². The van der Waals surface area contributed by atoms with Gasteiger partial charge in [-0.3, -0.25) is 6.08 Å². The molecule has 0 unspecified atom stereocenters. The standard InChI is InChI=1S/C17H18O3.Y/c18-10-15-4-1-13(7-15)2-5-16(11-19)8-14-3-6-17(9-14)12-20;/h1,3-6,18-20H,7,9-12H2;/q-2;. The van der Waals surface area contributed by atoms with Crippen LogP contribution in [-0.4, -0.2) is 35.1 Å². The van der Waals surface area contributed by atoms with Gasteiger partial charge in [-0.2, -0.15) is 23.3 Å². The molecule has 2 rings (SSSR count). The molecule has 0 spiro atoms. The summed E-state index contributed by atoms with van der Waals surface area (Å²) in [6.45, 7) is 0.0198. The third-order valence-corrected chi connectivity index (χ3v) is 3.20. The van der Waals surface area contributed by atoms with Crippen molar-refractivity contribution in [1.29, 1.82) is 0 Å². The van der Waals surface area contributed by atoms with E-state index in [1.54, 1.807) is 6.08 Å². The zero-order chi connectivity index (χ0) is 14.4. The molecule has 0 saturated carbocycles. The Kier molecular flexibility index (Phi) is 8.31. The number of rotatable bonds is 6. The van der Waals surface area contributed by atoms with Crippen LogP contribution in [0.4, 0.5) is 0 Å². The Bertz CT molecular complexity index is 548. The molecule has 0 aromatic heterocycles. The number of allylic oxidation sites excluding steroid dienone is 8. The summed E-state index contributed by atoms with van der Waals surface area (Å²) in [6, 6.07) is 0. The van der Waals surface area contributed by atoms with Crippen LogP contribution in [0.3, 0.4) is 0 Å². The summed E-state index contributed by atoms with van der Waals surface area (Å²) in [7, 11) is 0. The molecule has 0 saturated heterocycles. The molecule has 0 fully saturated rings. The first-order valence-corrected chi connectivity index (χ1v) is 6.57. The predicted molar refractivity (Wildman–Crippen MR) is 77.4 cm³/mol. The zero-order valence-corrected chi connectivity index (χ0v) is 14.7. The Morgan fingerprint density at radius 1 is 0.952 bits per heavy atom. The molecule has 109 valence electrons. The van der Waals surface area contributed by atoms with Crippen LogP contribution < -0.4 is 0 Å². The van der Waals surface area contributed by atoms with Gasteiger partial charge in [0.05, 0.1) is 13.2 Å². The minimum absolute atomic E-state index is 0. The van der Waals surface area contributed by atoms with Crippen LogP contribution in [-0.2, 0) is 32.7 Å². The quantitative estimate of drug-likeness (QED) is 0.498. The van der Waals surface area contributed by atoms with Crippen molar-refractivity contribution in [3.8, 4) is 0 Å². The average Bonchev–Trinajstić information content (AvgIpc) is 3.12. The second kappa shape index (κ2) is 9.44. The van der Waals surface area contributed by atoms with Gasteiger partial charge >= 0.3 is 0 Å². The third-order valence-electron chi connectivity index (χ3n) is 3.20. The number of hydrogen-bond acceptors (Lipinski definition) is 3. The second-order valence-corrected chi connectivity index (χ2v) is 4.80. The molecule has 0 aromatic carbocycles. The van der Waals surface area contributed by atoms with Crippen molar-refractivity contribution in [1.82, 2.24) is 0 Å². The van der Waals surface area contributed by atoms with Crippen LogP contribution in [0, 0.1) is 12.2 Å². The molecule has 0 aromatic rings. The van der Waals surface area contributed by atoms with Crippen molar-refractivity contribution >= 4 is 0 Å². The van der Waals surface area contributed by atoms with E-state index in [0.717, 1.165) is 22.3 Å². The van der Waals surface area contributed by atoms with Crippen LogP contribution in [0.5, 0.6) is 0 Å². The monoisotopic (exact) mass is 359 g/mol. The summed E-state index contributed by atoms with van der Waals surface area (Å²) >= 11 is 0. The molecule has 0 aliphatic heterocycles. The minimum atomic E-state index is -0.105. The number of aliphatic hydroxyl groups is 3. The van der Waals surface area contributed by atoms with Crippen molar-refractivity contribution in [2.45, 2.75) is 12.8 Å². The van der Waals surface area contributed by atoms with Crippen molar-refractivity contribution in [3.63, 3.8) is 0 Å². The van der Waals surface area contributed by atoms with E-state index >= 15 is 0 Å². The number of aliphatic hydroxyl groups excluding tert-OH is 3. The minimum Gasteiger partial charge on any atom is -0.406 e. The van der Waals surface area contributed by atoms with Gasteiger partial charge in [0.1, 0.15) is 0 Å². The van der Waals surface area contributed by atoms with Gasteiger partial charge in [-0.15, -0.1) is 12.2 Å². The molecule has 3 N–H and O–H groups in total. The van der Waals surface area contributed by atoms with Gasteiger partial charge < -0.3 is 15.3 Å². The fourth-order valence-corrected chi connectivity index (χ4v) is 2.07. The van der Waals surface area contributed by atoms with E-state index in [1.165, 1.54) is 0 Å². The van der Waals surface area contributed by atoms with Crippen molar-refractivity contribution in [2.75, 3.05) is 19.8 Å². The molecule has 0 heterocycles. The zero-order valence-electron chi connectivity index (χ0n) is 11.8. The fourth-order valence-electron chi connectivity index (χ4n) is 2.07. The largest absolute Gasteiger partial charge is 0.406 e.